The Hall–Kier alpha value is -0.880. The van der Waals surface area contributed by atoms with Crippen molar-refractivity contribution in [3.8, 4) is 0 Å². The topological polar surface area (TPSA) is 63.7 Å². The maximum atomic E-state index is 12.3. The van der Waals surface area contributed by atoms with Crippen LogP contribution >= 0.6 is 0 Å². The standard InChI is InChI=1S/C12H21NO4S/c1-4-11(13-7-6-8-13)18(15,16)10(3)9-17-12(14)5-2/h4,10-11H,1,5-9H2,2-3H3. The molecular weight excluding hydrogens is 254 g/mol. The van der Waals surface area contributed by atoms with Crippen LogP contribution in [0.5, 0.6) is 0 Å². The summed E-state index contributed by atoms with van der Waals surface area (Å²) >= 11 is 0. The Morgan fingerprint density at radius 3 is 2.50 bits per heavy atom. The third kappa shape index (κ3) is 3.32. The Morgan fingerprint density at radius 2 is 2.11 bits per heavy atom. The Bertz CT molecular complexity index is 400. The van der Waals surface area contributed by atoms with Crippen molar-refractivity contribution in [2.24, 2.45) is 0 Å². The number of carbonyl (C=O) groups excluding carboxylic acids is 1. The molecule has 1 aliphatic rings. The largest absolute Gasteiger partial charge is 0.464 e. The van der Waals surface area contributed by atoms with Crippen molar-refractivity contribution < 1.29 is 17.9 Å². The molecule has 2 unspecified atom stereocenters. The van der Waals surface area contributed by atoms with E-state index in [2.05, 4.69) is 6.58 Å². The summed E-state index contributed by atoms with van der Waals surface area (Å²) in [5.41, 5.74) is 0. The van der Waals surface area contributed by atoms with Gasteiger partial charge in [-0.05, 0) is 13.3 Å². The minimum Gasteiger partial charge on any atom is -0.464 e. The zero-order chi connectivity index (χ0) is 13.8. The van der Waals surface area contributed by atoms with Crippen molar-refractivity contribution in [1.82, 2.24) is 4.90 Å². The van der Waals surface area contributed by atoms with E-state index in [-0.39, 0.29) is 19.0 Å². The molecule has 0 aliphatic carbocycles. The van der Waals surface area contributed by atoms with Crippen LogP contribution < -0.4 is 0 Å². The van der Waals surface area contributed by atoms with Crippen LogP contribution in [0.1, 0.15) is 26.7 Å². The first-order chi connectivity index (χ1) is 8.43. The lowest BCUT2D eigenvalue weighted by molar-refractivity contribution is -0.143. The molecule has 1 heterocycles. The van der Waals surface area contributed by atoms with E-state index in [1.165, 1.54) is 6.08 Å². The summed E-state index contributed by atoms with van der Waals surface area (Å²) in [5.74, 6) is -0.379. The second kappa shape index (κ2) is 6.33. The highest BCUT2D eigenvalue weighted by molar-refractivity contribution is 7.92. The average molecular weight is 275 g/mol. The molecule has 2 atom stereocenters. The van der Waals surface area contributed by atoms with Crippen LogP contribution in [-0.2, 0) is 19.4 Å². The van der Waals surface area contributed by atoms with Crippen LogP contribution in [0.15, 0.2) is 12.7 Å². The summed E-state index contributed by atoms with van der Waals surface area (Å²) in [4.78, 5) is 12.9. The lowest BCUT2D eigenvalue weighted by Gasteiger charge is -2.37. The Labute approximate surface area is 109 Å². The Kier molecular flexibility index (Phi) is 5.34. The molecule has 0 aromatic rings. The van der Waals surface area contributed by atoms with E-state index < -0.39 is 20.5 Å². The van der Waals surface area contributed by atoms with Crippen LogP contribution in [0.2, 0.25) is 0 Å². The van der Waals surface area contributed by atoms with E-state index in [1.807, 2.05) is 4.90 Å². The first kappa shape index (κ1) is 15.2. The monoisotopic (exact) mass is 275 g/mol. The van der Waals surface area contributed by atoms with Gasteiger partial charge < -0.3 is 4.74 Å². The molecule has 0 amide bonds. The van der Waals surface area contributed by atoms with Crippen molar-refractivity contribution in [2.75, 3.05) is 19.7 Å². The SMILES string of the molecule is C=CC(N1CCC1)S(=O)(=O)C(C)COC(=O)CC. The fourth-order valence-corrected chi connectivity index (χ4v) is 3.36. The van der Waals surface area contributed by atoms with Gasteiger partial charge in [0.1, 0.15) is 12.0 Å². The predicted molar refractivity (Wildman–Crippen MR) is 69.8 cm³/mol. The zero-order valence-electron chi connectivity index (χ0n) is 11.0. The van der Waals surface area contributed by atoms with Crippen molar-refractivity contribution in [1.29, 1.82) is 0 Å². The van der Waals surface area contributed by atoms with Gasteiger partial charge in [-0.2, -0.15) is 0 Å². The molecule has 1 aliphatic heterocycles. The van der Waals surface area contributed by atoms with Gasteiger partial charge in [0, 0.05) is 19.5 Å². The van der Waals surface area contributed by atoms with Crippen molar-refractivity contribution in [2.45, 2.75) is 37.3 Å². The third-order valence-electron chi connectivity index (χ3n) is 3.12. The highest BCUT2D eigenvalue weighted by Crippen LogP contribution is 2.20. The van der Waals surface area contributed by atoms with Gasteiger partial charge in [-0.1, -0.05) is 13.0 Å². The number of hydrogen-bond acceptors (Lipinski definition) is 5. The zero-order valence-corrected chi connectivity index (χ0v) is 11.8. The summed E-state index contributed by atoms with van der Waals surface area (Å²) in [6.45, 7) is 8.29. The minimum atomic E-state index is -3.38. The van der Waals surface area contributed by atoms with Gasteiger partial charge in [0.05, 0.1) is 5.25 Å². The van der Waals surface area contributed by atoms with E-state index >= 15 is 0 Å². The van der Waals surface area contributed by atoms with Crippen LogP contribution in [-0.4, -0.2) is 49.6 Å². The fourth-order valence-electron chi connectivity index (χ4n) is 1.73. The molecule has 0 aromatic carbocycles. The van der Waals surface area contributed by atoms with E-state index in [1.54, 1.807) is 13.8 Å². The van der Waals surface area contributed by atoms with Crippen LogP contribution in [0, 0.1) is 0 Å². The summed E-state index contributed by atoms with van der Waals surface area (Å²) in [5, 5.41) is -1.38. The number of esters is 1. The molecule has 0 N–H and O–H groups in total. The molecule has 104 valence electrons. The maximum absolute atomic E-state index is 12.3. The summed E-state index contributed by atoms with van der Waals surface area (Å²) < 4.78 is 29.5. The average Bonchev–Trinajstić information content (AvgIpc) is 2.29. The minimum absolute atomic E-state index is 0.0901. The molecule has 1 saturated heterocycles. The van der Waals surface area contributed by atoms with Crippen LogP contribution in [0.4, 0.5) is 0 Å². The van der Waals surface area contributed by atoms with Gasteiger partial charge in [0.25, 0.3) is 0 Å². The number of sulfone groups is 1. The molecule has 0 spiro atoms. The summed E-state index contributed by atoms with van der Waals surface area (Å²) in [6.07, 6.45) is 2.72. The third-order valence-corrected chi connectivity index (χ3v) is 5.54. The van der Waals surface area contributed by atoms with Crippen molar-refractivity contribution in [3.63, 3.8) is 0 Å². The smallest absolute Gasteiger partial charge is 0.305 e. The molecular formula is C12H21NO4S. The normalized spacial score (nSPS) is 19.7. The van der Waals surface area contributed by atoms with Gasteiger partial charge in [-0.25, -0.2) is 8.42 Å². The molecule has 1 fully saturated rings. The molecule has 18 heavy (non-hydrogen) atoms. The van der Waals surface area contributed by atoms with Crippen LogP contribution in [0.25, 0.3) is 0 Å². The number of nitrogens with zero attached hydrogens (tertiary/aromatic N) is 1. The Morgan fingerprint density at radius 1 is 1.50 bits per heavy atom. The highest BCUT2D eigenvalue weighted by atomic mass is 32.2. The summed E-state index contributed by atoms with van der Waals surface area (Å²) in [7, 11) is -3.38. The molecule has 0 saturated carbocycles. The van der Waals surface area contributed by atoms with E-state index in [0.29, 0.717) is 0 Å². The van der Waals surface area contributed by atoms with Gasteiger partial charge >= 0.3 is 5.97 Å². The lowest BCUT2D eigenvalue weighted by atomic mass is 10.2. The van der Waals surface area contributed by atoms with E-state index in [0.717, 1.165) is 19.5 Å². The van der Waals surface area contributed by atoms with Gasteiger partial charge in [-0.3, -0.25) is 9.69 Å². The quantitative estimate of drug-likeness (QED) is 0.511. The molecule has 6 heteroatoms. The highest BCUT2D eigenvalue weighted by Gasteiger charge is 2.36. The maximum Gasteiger partial charge on any atom is 0.305 e. The van der Waals surface area contributed by atoms with Crippen LogP contribution in [0.3, 0.4) is 0 Å². The molecule has 0 bridgehead atoms. The number of ether oxygens (including phenoxy) is 1. The van der Waals surface area contributed by atoms with E-state index in [9.17, 15) is 13.2 Å². The number of hydrogen-bond donors (Lipinski definition) is 0. The molecule has 5 nitrogen and oxygen atoms in total. The fraction of sp³-hybridized carbons (Fsp3) is 0.750. The number of carbonyl (C=O) groups is 1. The lowest BCUT2D eigenvalue weighted by Crippen LogP contribution is -2.50. The number of rotatable bonds is 7. The second-order valence-corrected chi connectivity index (χ2v) is 6.92. The second-order valence-electron chi connectivity index (χ2n) is 4.45. The van der Waals surface area contributed by atoms with Gasteiger partial charge in [0.2, 0.25) is 0 Å². The van der Waals surface area contributed by atoms with E-state index in [4.69, 9.17) is 4.74 Å². The first-order valence-electron chi connectivity index (χ1n) is 6.18. The van der Waals surface area contributed by atoms with Crippen molar-refractivity contribution in [3.05, 3.63) is 12.7 Å². The predicted octanol–water partition coefficient (Wildman–Crippen LogP) is 0.961. The van der Waals surface area contributed by atoms with Gasteiger partial charge in [0.15, 0.2) is 9.84 Å². The molecule has 0 radical (unpaired) electrons. The Balaban J connectivity index is 2.65. The number of likely N-dealkylation sites (tertiary alicyclic amines) is 1. The van der Waals surface area contributed by atoms with Crippen molar-refractivity contribution >= 4 is 15.8 Å². The molecule has 0 aromatic heterocycles. The first-order valence-corrected chi connectivity index (χ1v) is 7.79. The van der Waals surface area contributed by atoms with Gasteiger partial charge in [-0.15, -0.1) is 6.58 Å². The molecule has 1 rings (SSSR count). The summed E-state index contributed by atoms with van der Waals surface area (Å²) in [6, 6.07) is 0.